The van der Waals surface area contributed by atoms with Crippen LogP contribution in [0.3, 0.4) is 0 Å². The Kier molecular flexibility index (Phi) is 9.17. The van der Waals surface area contributed by atoms with Crippen LogP contribution in [0.4, 0.5) is 0 Å². The normalized spacial score (nSPS) is 26.5. The summed E-state index contributed by atoms with van der Waals surface area (Å²) in [6, 6.07) is 7.99. The highest BCUT2D eigenvalue weighted by molar-refractivity contribution is 5.81. The fraction of sp³-hybridized carbons (Fsp3) is 0.630. The minimum Gasteiger partial charge on any atom is -0.459 e. The summed E-state index contributed by atoms with van der Waals surface area (Å²) in [6.45, 7) is 4.02. The average molecular weight is 427 g/mol. The second-order valence-corrected chi connectivity index (χ2v) is 9.25. The molecule has 0 radical (unpaired) electrons. The maximum atomic E-state index is 12.6. The van der Waals surface area contributed by atoms with Crippen molar-refractivity contribution < 1.29 is 19.1 Å². The van der Waals surface area contributed by atoms with Gasteiger partial charge in [0.2, 0.25) is 0 Å². The number of carbonyl (C=O) groups excluding carboxylic acids is 2. The van der Waals surface area contributed by atoms with Crippen molar-refractivity contribution >= 4 is 11.9 Å². The lowest BCUT2D eigenvalue weighted by atomic mass is 9.70. The number of benzene rings is 1. The molecule has 0 N–H and O–H groups in total. The SMILES string of the molecule is C/C=C/C(=O)OC1CCC(C2CCC(C(=O)Oc3ccc(CCCC)cc3)CC2)CC1. The number of aryl methyl sites for hydroxylation is 1. The first kappa shape index (κ1) is 23.6. The minimum absolute atomic E-state index is 0.0224. The molecule has 1 aromatic carbocycles. The molecular formula is C27H38O4. The van der Waals surface area contributed by atoms with Gasteiger partial charge in [-0.3, -0.25) is 4.79 Å². The Labute approximate surface area is 187 Å². The number of unbranched alkanes of at least 4 members (excludes halogenated alkanes) is 1. The summed E-state index contributed by atoms with van der Waals surface area (Å²) in [5, 5.41) is 0. The standard InChI is InChI=1S/C27H38O4/c1-3-5-7-20-8-16-25(17-9-20)31-27(29)23-12-10-21(11-13-23)22-14-18-24(19-15-22)30-26(28)6-4-2/h4,6,8-9,16-17,21-24H,3,5,7,10-15,18-19H2,1-2H3/b6-4+. The number of rotatable bonds is 8. The fourth-order valence-electron chi connectivity index (χ4n) is 5.15. The molecule has 3 rings (SSSR count). The van der Waals surface area contributed by atoms with E-state index in [0.717, 1.165) is 57.8 Å². The van der Waals surface area contributed by atoms with E-state index in [1.54, 1.807) is 6.08 Å². The topological polar surface area (TPSA) is 52.6 Å². The van der Waals surface area contributed by atoms with Gasteiger partial charge in [0.25, 0.3) is 0 Å². The molecule has 0 unspecified atom stereocenters. The van der Waals surface area contributed by atoms with Crippen LogP contribution < -0.4 is 4.74 Å². The molecule has 0 heterocycles. The Morgan fingerprint density at radius 2 is 1.55 bits per heavy atom. The first-order valence-electron chi connectivity index (χ1n) is 12.2. The predicted molar refractivity (Wildman–Crippen MR) is 123 cm³/mol. The smallest absolute Gasteiger partial charge is 0.330 e. The zero-order chi connectivity index (χ0) is 22.1. The molecule has 2 fully saturated rings. The van der Waals surface area contributed by atoms with Crippen molar-refractivity contribution in [2.75, 3.05) is 0 Å². The zero-order valence-electron chi connectivity index (χ0n) is 19.2. The number of hydrogen-bond donors (Lipinski definition) is 0. The van der Waals surface area contributed by atoms with Gasteiger partial charge in [0.15, 0.2) is 0 Å². The van der Waals surface area contributed by atoms with Crippen molar-refractivity contribution in [2.24, 2.45) is 17.8 Å². The van der Waals surface area contributed by atoms with Crippen LogP contribution >= 0.6 is 0 Å². The van der Waals surface area contributed by atoms with E-state index in [4.69, 9.17) is 9.47 Å². The lowest BCUT2D eigenvalue weighted by molar-refractivity contribution is -0.145. The van der Waals surface area contributed by atoms with Crippen LogP contribution in [0, 0.1) is 17.8 Å². The molecular weight excluding hydrogens is 388 g/mol. The Morgan fingerprint density at radius 3 is 2.13 bits per heavy atom. The monoisotopic (exact) mass is 426 g/mol. The van der Waals surface area contributed by atoms with Crippen molar-refractivity contribution in [2.45, 2.75) is 90.6 Å². The summed E-state index contributed by atoms with van der Waals surface area (Å²) >= 11 is 0. The highest BCUT2D eigenvalue weighted by Gasteiger charge is 2.34. The van der Waals surface area contributed by atoms with Gasteiger partial charge >= 0.3 is 11.9 Å². The van der Waals surface area contributed by atoms with Gasteiger partial charge in [-0.25, -0.2) is 4.79 Å². The zero-order valence-corrected chi connectivity index (χ0v) is 19.2. The molecule has 1 aromatic rings. The third kappa shape index (κ3) is 7.22. The van der Waals surface area contributed by atoms with Gasteiger partial charge in [-0.2, -0.15) is 0 Å². The van der Waals surface area contributed by atoms with E-state index in [1.165, 1.54) is 24.5 Å². The number of carbonyl (C=O) groups is 2. The van der Waals surface area contributed by atoms with Gasteiger partial charge in [-0.05, 0) is 101 Å². The van der Waals surface area contributed by atoms with E-state index >= 15 is 0 Å². The molecule has 4 nitrogen and oxygen atoms in total. The van der Waals surface area contributed by atoms with E-state index in [-0.39, 0.29) is 24.0 Å². The summed E-state index contributed by atoms with van der Waals surface area (Å²) in [7, 11) is 0. The second kappa shape index (κ2) is 12.1. The number of ether oxygens (including phenoxy) is 2. The summed E-state index contributed by atoms with van der Waals surface area (Å²) in [6.07, 6.45) is 15.0. The summed E-state index contributed by atoms with van der Waals surface area (Å²) < 4.78 is 11.2. The van der Waals surface area contributed by atoms with Gasteiger partial charge in [0.1, 0.15) is 11.9 Å². The molecule has 0 atom stereocenters. The van der Waals surface area contributed by atoms with E-state index < -0.39 is 0 Å². The Bertz CT molecular complexity index is 720. The molecule has 170 valence electrons. The lowest BCUT2D eigenvalue weighted by Gasteiger charge is -2.37. The highest BCUT2D eigenvalue weighted by Crippen LogP contribution is 2.41. The first-order valence-corrected chi connectivity index (χ1v) is 12.2. The molecule has 0 amide bonds. The van der Waals surface area contributed by atoms with Crippen LogP contribution in [-0.4, -0.2) is 18.0 Å². The maximum absolute atomic E-state index is 12.6. The number of esters is 2. The van der Waals surface area contributed by atoms with Crippen LogP contribution in [0.1, 0.15) is 83.6 Å². The molecule has 0 saturated heterocycles. The van der Waals surface area contributed by atoms with E-state index in [0.29, 0.717) is 17.6 Å². The van der Waals surface area contributed by atoms with Crippen LogP contribution in [0.25, 0.3) is 0 Å². The van der Waals surface area contributed by atoms with Crippen molar-refractivity contribution in [1.29, 1.82) is 0 Å². The molecule has 0 aliphatic heterocycles. The van der Waals surface area contributed by atoms with E-state index in [1.807, 2.05) is 19.1 Å². The number of allylic oxidation sites excluding steroid dienone is 1. The Morgan fingerprint density at radius 1 is 0.935 bits per heavy atom. The maximum Gasteiger partial charge on any atom is 0.330 e. The van der Waals surface area contributed by atoms with Crippen LogP contribution in [0.2, 0.25) is 0 Å². The predicted octanol–water partition coefficient (Wildman–Crippen LogP) is 6.42. The van der Waals surface area contributed by atoms with Crippen molar-refractivity contribution in [3.05, 3.63) is 42.0 Å². The van der Waals surface area contributed by atoms with Gasteiger partial charge in [-0.15, -0.1) is 0 Å². The molecule has 31 heavy (non-hydrogen) atoms. The van der Waals surface area contributed by atoms with Gasteiger partial charge in [0.05, 0.1) is 5.92 Å². The summed E-state index contributed by atoms with van der Waals surface area (Å²) in [4.78, 5) is 24.3. The minimum atomic E-state index is -0.222. The largest absolute Gasteiger partial charge is 0.459 e. The van der Waals surface area contributed by atoms with Gasteiger partial charge in [0, 0.05) is 6.08 Å². The number of hydrogen-bond acceptors (Lipinski definition) is 4. The molecule has 0 bridgehead atoms. The molecule has 2 aliphatic carbocycles. The highest BCUT2D eigenvalue weighted by atomic mass is 16.5. The molecule has 2 aliphatic rings. The van der Waals surface area contributed by atoms with Crippen LogP contribution in [0.5, 0.6) is 5.75 Å². The van der Waals surface area contributed by atoms with Crippen molar-refractivity contribution in [1.82, 2.24) is 0 Å². The van der Waals surface area contributed by atoms with Gasteiger partial charge in [-0.1, -0.05) is 31.6 Å². The van der Waals surface area contributed by atoms with Gasteiger partial charge < -0.3 is 9.47 Å². The fourth-order valence-corrected chi connectivity index (χ4v) is 5.15. The molecule has 4 heteroatoms. The Hall–Kier alpha value is -2.10. The third-order valence-corrected chi connectivity index (χ3v) is 7.04. The first-order chi connectivity index (χ1) is 15.1. The summed E-state index contributed by atoms with van der Waals surface area (Å²) in [5.41, 5.74) is 1.30. The molecule has 0 spiro atoms. The summed E-state index contributed by atoms with van der Waals surface area (Å²) in [5.74, 6) is 1.78. The van der Waals surface area contributed by atoms with Crippen LogP contribution in [0.15, 0.2) is 36.4 Å². The molecule has 2 saturated carbocycles. The van der Waals surface area contributed by atoms with E-state index in [2.05, 4.69) is 19.1 Å². The van der Waals surface area contributed by atoms with Crippen LogP contribution in [-0.2, 0) is 20.7 Å². The quantitative estimate of drug-likeness (QED) is 0.273. The van der Waals surface area contributed by atoms with Crippen molar-refractivity contribution in [3.8, 4) is 5.75 Å². The Balaban J connectivity index is 1.38. The average Bonchev–Trinajstić information content (AvgIpc) is 2.79. The van der Waals surface area contributed by atoms with E-state index in [9.17, 15) is 9.59 Å². The molecule has 0 aromatic heterocycles. The lowest BCUT2D eigenvalue weighted by Crippen LogP contribution is -2.31. The van der Waals surface area contributed by atoms with Crippen molar-refractivity contribution in [3.63, 3.8) is 0 Å². The third-order valence-electron chi connectivity index (χ3n) is 7.04. The second-order valence-electron chi connectivity index (χ2n) is 9.25.